The Morgan fingerprint density at radius 3 is 2.80 bits per heavy atom. The highest BCUT2D eigenvalue weighted by molar-refractivity contribution is 7.89. The largest absolute Gasteiger partial charge is 0.373 e. The first kappa shape index (κ1) is 15.3. The summed E-state index contributed by atoms with van der Waals surface area (Å²) in [4.78, 5) is 4.29. The molecule has 1 saturated carbocycles. The van der Waals surface area contributed by atoms with Gasteiger partial charge in [0.2, 0.25) is 10.0 Å². The maximum atomic E-state index is 12.3. The van der Waals surface area contributed by atoms with E-state index in [-0.39, 0.29) is 4.90 Å². The molecule has 1 aliphatic rings. The summed E-state index contributed by atoms with van der Waals surface area (Å²) >= 11 is 0. The van der Waals surface area contributed by atoms with Gasteiger partial charge in [-0.25, -0.2) is 18.1 Å². The van der Waals surface area contributed by atoms with Crippen LogP contribution >= 0.6 is 0 Å². The lowest BCUT2D eigenvalue weighted by atomic mass is 9.81. The van der Waals surface area contributed by atoms with E-state index >= 15 is 0 Å². The third-order valence-electron chi connectivity index (χ3n) is 4.12. The monoisotopic (exact) mass is 297 g/mol. The van der Waals surface area contributed by atoms with Crippen molar-refractivity contribution >= 4 is 15.8 Å². The van der Waals surface area contributed by atoms with Crippen molar-refractivity contribution in [1.29, 1.82) is 0 Å². The smallest absolute Gasteiger partial charge is 0.240 e. The first-order valence-electron chi connectivity index (χ1n) is 7.16. The average Bonchev–Trinajstić information content (AvgIpc) is 2.46. The van der Waals surface area contributed by atoms with E-state index in [1.165, 1.54) is 31.5 Å². The van der Waals surface area contributed by atoms with Crippen molar-refractivity contribution in [3.63, 3.8) is 0 Å². The third kappa shape index (κ3) is 3.70. The lowest BCUT2D eigenvalue weighted by molar-refractivity contribution is 0.257. The van der Waals surface area contributed by atoms with Crippen LogP contribution in [0.3, 0.4) is 0 Å². The molecule has 2 unspecified atom stereocenters. The van der Waals surface area contributed by atoms with Crippen molar-refractivity contribution in [2.45, 2.75) is 37.5 Å². The highest BCUT2D eigenvalue weighted by Gasteiger charge is 2.23. The number of nitrogens with zero attached hydrogens (tertiary/aromatic N) is 1. The van der Waals surface area contributed by atoms with Gasteiger partial charge in [-0.2, -0.15) is 0 Å². The molecule has 0 saturated heterocycles. The van der Waals surface area contributed by atoms with Crippen molar-refractivity contribution in [2.75, 3.05) is 18.9 Å². The van der Waals surface area contributed by atoms with Crippen LogP contribution < -0.4 is 10.0 Å². The van der Waals surface area contributed by atoms with E-state index in [4.69, 9.17) is 0 Å². The van der Waals surface area contributed by atoms with Gasteiger partial charge in [0.15, 0.2) is 0 Å². The molecule has 6 heteroatoms. The van der Waals surface area contributed by atoms with E-state index < -0.39 is 10.0 Å². The van der Waals surface area contributed by atoms with Crippen LogP contribution in [0, 0.1) is 11.8 Å². The summed E-state index contributed by atoms with van der Waals surface area (Å²) < 4.78 is 27.3. The average molecular weight is 297 g/mol. The Kier molecular flexibility index (Phi) is 4.99. The molecular formula is C14H23N3O2S. The summed E-state index contributed by atoms with van der Waals surface area (Å²) in [5.41, 5.74) is 0. The summed E-state index contributed by atoms with van der Waals surface area (Å²) in [7, 11) is -1.73. The van der Waals surface area contributed by atoms with Crippen LogP contribution in [-0.4, -0.2) is 27.0 Å². The van der Waals surface area contributed by atoms with Crippen LogP contribution in [0.5, 0.6) is 0 Å². The number of nitrogens with one attached hydrogen (secondary N) is 2. The molecule has 0 radical (unpaired) electrons. The Morgan fingerprint density at radius 2 is 2.10 bits per heavy atom. The quantitative estimate of drug-likeness (QED) is 0.874. The van der Waals surface area contributed by atoms with Gasteiger partial charge < -0.3 is 5.32 Å². The number of pyridine rings is 1. The Hall–Kier alpha value is -1.14. The van der Waals surface area contributed by atoms with Crippen molar-refractivity contribution in [3.8, 4) is 0 Å². The summed E-state index contributed by atoms with van der Waals surface area (Å²) in [6, 6.07) is 3.07. The molecule has 0 aromatic carbocycles. The van der Waals surface area contributed by atoms with Gasteiger partial charge in [0.1, 0.15) is 5.82 Å². The molecule has 0 bridgehead atoms. The molecule has 0 spiro atoms. The molecule has 0 aliphatic heterocycles. The lowest BCUT2D eigenvalue weighted by Gasteiger charge is -2.28. The van der Waals surface area contributed by atoms with Crippen LogP contribution in [0.2, 0.25) is 0 Å². The second-order valence-corrected chi connectivity index (χ2v) is 7.27. The molecule has 1 fully saturated rings. The van der Waals surface area contributed by atoms with Crippen molar-refractivity contribution in [1.82, 2.24) is 9.71 Å². The lowest BCUT2D eigenvalue weighted by Crippen LogP contribution is -2.33. The molecule has 0 amide bonds. The fourth-order valence-corrected chi connectivity index (χ4v) is 3.82. The number of anilines is 1. The standard InChI is InChI=1S/C14H23N3O2S/c1-11-5-3-4-6-12(11)10-17-20(18,19)13-7-8-16-14(9-13)15-2/h7-9,11-12,17H,3-6,10H2,1-2H3,(H,15,16). The minimum atomic E-state index is -3.45. The SMILES string of the molecule is CNc1cc(S(=O)(=O)NCC2CCCCC2C)ccn1. The number of sulfonamides is 1. The predicted octanol–water partition coefficient (Wildman–Crippen LogP) is 2.23. The number of hydrogen-bond donors (Lipinski definition) is 2. The van der Waals surface area contributed by atoms with Gasteiger partial charge in [-0.15, -0.1) is 0 Å². The Labute approximate surface area is 121 Å². The predicted molar refractivity (Wildman–Crippen MR) is 80.1 cm³/mol. The van der Waals surface area contributed by atoms with Gasteiger partial charge in [0.25, 0.3) is 0 Å². The summed E-state index contributed by atoms with van der Waals surface area (Å²) in [5.74, 6) is 1.60. The molecule has 1 heterocycles. The van der Waals surface area contributed by atoms with Crippen LogP contribution in [0.25, 0.3) is 0 Å². The van der Waals surface area contributed by atoms with Crippen LogP contribution in [-0.2, 0) is 10.0 Å². The Bertz CT molecular complexity index is 545. The van der Waals surface area contributed by atoms with E-state index in [0.717, 1.165) is 6.42 Å². The summed E-state index contributed by atoms with van der Waals surface area (Å²) in [6.07, 6.45) is 6.28. The zero-order valence-electron chi connectivity index (χ0n) is 12.1. The molecule has 2 rings (SSSR count). The van der Waals surface area contributed by atoms with E-state index in [1.54, 1.807) is 13.1 Å². The van der Waals surface area contributed by atoms with Gasteiger partial charge in [0.05, 0.1) is 4.90 Å². The second-order valence-electron chi connectivity index (χ2n) is 5.50. The molecular weight excluding hydrogens is 274 g/mol. The number of rotatable bonds is 5. The molecule has 2 atom stereocenters. The molecule has 2 N–H and O–H groups in total. The Morgan fingerprint density at radius 1 is 1.35 bits per heavy atom. The van der Waals surface area contributed by atoms with Crippen molar-refractivity contribution in [2.24, 2.45) is 11.8 Å². The van der Waals surface area contributed by atoms with Crippen molar-refractivity contribution < 1.29 is 8.42 Å². The minimum Gasteiger partial charge on any atom is -0.373 e. The highest BCUT2D eigenvalue weighted by Crippen LogP contribution is 2.29. The topological polar surface area (TPSA) is 71.1 Å². The maximum absolute atomic E-state index is 12.3. The van der Waals surface area contributed by atoms with Gasteiger partial charge in [-0.3, -0.25) is 0 Å². The van der Waals surface area contributed by atoms with Crippen molar-refractivity contribution in [3.05, 3.63) is 18.3 Å². The third-order valence-corrected chi connectivity index (χ3v) is 5.54. The fraction of sp³-hybridized carbons (Fsp3) is 0.643. The summed E-state index contributed by atoms with van der Waals surface area (Å²) in [5, 5.41) is 2.85. The molecule has 1 aliphatic carbocycles. The fourth-order valence-electron chi connectivity index (χ4n) is 2.71. The van der Waals surface area contributed by atoms with Crippen LogP contribution in [0.15, 0.2) is 23.2 Å². The van der Waals surface area contributed by atoms with Gasteiger partial charge in [-0.05, 0) is 24.3 Å². The van der Waals surface area contributed by atoms with Crippen LogP contribution in [0.1, 0.15) is 32.6 Å². The molecule has 5 nitrogen and oxygen atoms in total. The number of hydrogen-bond acceptors (Lipinski definition) is 4. The molecule has 20 heavy (non-hydrogen) atoms. The van der Waals surface area contributed by atoms with Gasteiger partial charge >= 0.3 is 0 Å². The van der Waals surface area contributed by atoms with E-state index in [9.17, 15) is 8.42 Å². The zero-order chi connectivity index (χ0) is 14.6. The Balaban J connectivity index is 2.03. The molecule has 112 valence electrons. The summed E-state index contributed by atoms with van der Waals surface area (Å²) in [6.45, 7) is 2.74. The minimum absolute atomic E-state index is 0.264. The van der Waals surface area contributed by atoms with Gasteiger partial charge in [-0.1, -0.05) is 26.2 Å². The first-order valence-corrected chi connectivity index (χ1v) is 8.64. The first-order chi connectivity index (χ1) is 9.53. The zero-order valence-corrected chi connectivity index (χ0v) is 12.9. The van der Waals surface area contributed by atoms with E-state index in [1.807, 2.05) is 0 Å². The second kappa shape index (κ2) is 6.54. The normalized spacial score (nSPS) is 23.5. The van der Waals surface area contributed by atoms with E-state index in [0.29, 0.717) is 24.2 Å². The molecule has 1 aromatic rings. The number of aromatic nitrogens is 1. The molecule has 1 aromatic heterocycles. The van der Waals surface area contributed by atoms with E-state index in [2.05, 4.69) is 21.9 Å². The van der Waals surface area contributed by atoms with Crippen LogP contribution in [0.4, 0.5) is 5.82 Å². The van der Waals surface area contributed by atoms with Gasteiger partial charge in [0, 0.05) is 25.9 Å². The maximum Gasteiger partial charge on any atom is 0.240 e. The highest BCUT2D eigenvalue weighted by atomic mass is 32.2.